The molecule has 4 heteroatoms. The summed E-state index contributed by atoms with van der Waals surface area (Å²) in [7, 11) is 0. The summed E-state index contributed by atoms with van der Waals surface area (Å²) in [5.41, 5.74) is 7.27. The van der Waals surface area contributed by atoms with Crippen LogP contribution in [-0.4, -0.2) is 29.5 Å². The number of nitrogens with one attached hydrogen (secondary N) is 1. The second kappa shape index (κ2) is 7.29. The minimum absolute atomic E-state index is 0.260. The van der Waals surface area contributed by atoms with E-state index in [0.29, 0.717) is 0 Å². The Bertz CT molecular complexity index is 926. The number of benzene rings is 2. The van der Waals surface area contributed by atoms with E-state index in [0.717, 1.165) is 43.2 Å². The van der Waals surface area contributed by atoms with Crippen molar-refractivity contribution in [3.05, 3.63) is 71.4 Å². The molecule has 0 bridgehead atoms. The van der Waals surface area contributed by atoms with Gasteiger partial charge in [-0.15, -0.1) is 0 Å². The molecule has 4 rings (SSSR count). The highest BCUT2D eigenvalue weighted by Crippen LogP contribution is 2.27. The third-order valence-electron chi connectivity index (χ3n) is 5.22. The first-order valence-corrected chi connectivity index (χ1v) is 9.54. The summed E-state index contributed by atoms with van der Waals surface area (Å²) in [6.45, 7) is 9.95. The zero-order valence-electron chi connectivity index (χ0n) is 16.3. The smallest absolute Gasteiger partial charge is 0.0972 e. The van der Waals surface area contributed by atoms with E-state index in [4.69, 9.17) is 9.84 Å². The molecule has 1 aliphatic heterocycles. The highest BCUT2D eigenvalue weighted by Gasteiger charge is 2.32. The van der Waals surface area contributed by atoms with Gasteiger partial charge in [0.2, 0.25) is 0 Å². The Kier molecular flexibility index (Phi) is 4.85. The highest BCUT2D eigenvalue weighted by atomic mass is 16.5. The molecule has 1 aliphatic rings. The van der Waals surface area contributed by atoms with E-state index < -0.39 is 0 Å². The zero-order chi connectivity index (χ0) is 18.9. The predicted molar refractivity (Wildman–Crippen MR) is 109 cm³/mol. The molecule has 27 heavy (non-hydrogen) atoms. The molecule has 0 spiro atoms. The summed E-state index contributed by atoms with van der Waals surface area (Å²) in [4.78, 5) is 0. The minimum Gasteiger partial charge on any atom is -0.380 e. The third-order valence-corrected chi connectivity index (χ3v) is 5.22. The maximum Gasteiger partial charge on any atom is 0.0972 e. The largest absolute Gasteiger partial charge is 0.380 e. The van der Waals surface area contributed by atoms with Gasteiger partial charge >= 0.3 is 0 Å². The van der Waals surface area contributed by atoms with Gasteiger partial charge in [-0.25, -0.2) is 4.68 Å². The van der Waals surface area contributed by atoms with E-state index in [1.54, 1.807) is 0 Å². The van der Waals surface area contributed by atoms with Crippen molar-refractivity contribution in [2.24, 2.45) is 5.41 Å². The van der Waals surface area contributed by atoms with Crippen molar-refractivity contribution in [2.45, 2.75) is 27.3 Å². The number of ether oxygens (including phenoxy) is 1. The molecule has 1 N–H and O–H groups in total. The van der Waals surface area contributed by atoms with Crippen LogP contribution in [0.3, 0.4) is 0 Å². The Morgan fingerprint density at radius 1 is 1.11 bits per heavy atom. The lowest BCUT2D eigenvalue weighted by Gasteiger charge is -2.38. The SMILES string of the molecule is Cc1ccc(C)c(-n2cc(CNCC3(C)COC3)c(-c3ccccc3)n2)c1. The van der Waals surface area contributed by atoms with Crippen LogP contribution in [0.1, 0.15) is 23.6 Å². The maximum absolute atomic E-state index is 5.36. The van der Waals surface area contributed by atoms with Gasteiger partial charge in [0.15, 0.2) is 0 Å². The molecular weight excluding hydrogens is 334 g/mol. The van der Waals surface area contributed by atoms with Gasteiger partial charge < -0.3 is 10.1 Å². The van der Waals surface area contributed by atoms with Crippen molar-refractivity contribution in [3.63, 3.8) is 0 Å². The molecule has 0 aliphatic carbocycles. The lowest BCUT2D eigenvalue weighted by molar-refractivity contribution is -0.0991. The fourth-order valence-electron chi connectivity index (χ4n) is 3.52. The quantitative estimate of drug-likeness (QED) is 0.712. The van der Waals surface area contributed by atoms with E-state index >= 15 is 0 Å². The summed E-state index contributed by atoms with van der Waals surface area (Å²) >= 11 is 0. The third kappa shape index (κ3) is 3.82. The normalized spacial score (nSPS) is 15.5. The molecule has 4 nitrogen and oxygen atoms in total. The van der Waals surface area contributed by atoms with Crippen molar-refractivity contribution < 1.29 is 4.74 Å². The molecule has 0 radical (unpaired) electrons. The van der Waals surface area contributed by atoms with Gasteiger partial charge in [-0.1, -0.05) is 49.4 Å². The summed E-state index contributed by atoms with van der Waals surface area (Å²) in [5, 5.41) is 8.57. The number of rotatable bonds is 6. The zero-order valence-corrected chi connectivity index (χ0v) is 16.3. The van der Waals surface area contributed by atoms with Gasteiger partial charge in [0.1, 0.15) is 0 Å². The van der Waals surface area contributed by atoms with Crippen LogP contribution in [0.25, 0.3) is 16.9 Å². The number of hydrogen-bond donors (Lipinski definition) is 1. The molecule has 1 fully saturated rings. The molecule has 140 valence electrons. The Labute approximate surface area is 161 Å². The molecule has 2 heterocycles. The average molecular weight is 361 g/mol. The average Bonchev–Trinajstić information content (AvgIpc) is 3.07. The van der Waals surface area contributed by atoms with Crippen molar-refractivity contribution >= 4 is 0 Å². The van der Waals surface area contributed by atoms with E-state index in [2.05, 4.69) is 74.7 Å². The number of aryl methyl sites for hydroxylation is 2. The standard InChI is InChI=1S/C23H27N3O/c1-17-9-10-18(2)21(11-17)26-13-20(12-24-14-23(3)15-27-16-23)22(25-26)19-7-5-4-6-8-19/h4-11,13,24H,12,14-16H2,1-3H3. The van der Waals surface area contributed by atoms with Crippen molar-refractivity contribution in [1.29, 1.82) is 0 Å². The van der Waals surface area contributed by atoms with E-state index in [9.17, 15) is 0 Å². The molecule has 0 saturated carbocycles. The Balaban J connectivity index is 1.65. The Morgan fingerprint density at radius 3 is 2.59 bits per heavy atom. The van der Waals surface area contributed by atoms with Gasteiger partial charge in [-0.2, -0.15) is 5.10 Å². The molecular formula is C23H27N3O. The molecule has 0 atom stereocenters. The second-order valence-corrected chi connectivity index (χ2v) is 8.01. The minimum atomic E-state index is 0.260. The van der Waals surface area contributed by atoms with Crippen molar-refractivity contribution in [2.75, 3.05) is 19.8 Å². The lowest BCUT2D eigenvalue weighted by atomic mass is 9.89. The van der Waals surface area contributed by atoms with Gasteiger partial charge in [-0.05, 0) is 31.0 Å². The Morgan fingerprint density at radius 2 is 1.89 bits per heavy atom. The van der Waals surface area contributed by atoms with Crippen LogP contribution in [0.2, 0.25) is 0 Å². The summed E-state index contributed by atoms with van der Waals surface area (Å²) in [5.74, 6) is 0. The predicted octanol–water partition coefficient (Wildman–Crippen LogP) is 4.28. The van der Waals surface area contributed by atoms with E-state index in [1.165, 1.54) is 16.7 Å². The Hall–Kier alpha value is -2.43. The topological polar surface area (TPSA) is 39.1 Å². The van der Waals surface area contributed by atoms with E-state index in [1.807, 2.05) is 10.7 Å². The van der Waals surface area contributed by atoms with Crippen molar-refractivity contribution in [3.8, 4) is 16.9 Å². The van der Waals surface area contributed by atoms with Gasteiger partial charge in [-0.3, -0.25) is 0 Å². The first kappa shape index (κ1) is 18.0. The number of hydrogen-bond acceptors (Lipinski definition) is 3. The number of nitrogens with zero attached hydrogens (tertiary/aromatic N) is 2. The fraction of sp³-hybridized carbons (Fsp3) is 0.348. The fourth-order valence-corrected chi connectivity index (χ4v) is 3.52. The molecule has 0 amide bonds. The lowest BCUT2D eigenvalue weighted by Crippen LogP contribution is -2.47. The molecule has 0 unspecified atom stereocenters. The van der Waals surface area contributed by atoms with Crippen LogP contribution >= 0.6 is 0 Å². The van der Waals surface area contributed by atoms with E-state index in [-0.39, 0.29) is 5.41 Å². The molecule has 1 aromatic heterocycles. The van der Waals surface area contributed by atoms with Crippen LogP contribution in [0.5, 0.6) is 0 Å². The monoisotopic (exact) mass is 361 g/mol. The van der Waals surface area contributed by atoms with Crippen molar-refractivity contribution in [1.82, 2.24) is 15.1 Å². The van der Waals surface area contributed by atoms with Crippen LogP contribution in [0.15, 0.2) is 54.7 Å². The highest BCUT2D eigenvalue weighted by molar-refractivity contribution is 5.63. The van der Waals surface area contributed by atoms with Gasteiger partial charge in [0.25, 0.3) is 0 Å². The van der Waals surface area contributed by atoms with Crippen LogP contribution < -0.4 is 5.32 Å². The number of aromatic nitrogens is 2. The van der Waals surface area contributed by atoms with Crippen LogP contribution in [-0.2, 0) is 11.3 Å². The van der Waals surface area contributed by atoms with Gasteiger partial charge in [0, 0.05) is 35.8 Å². The molecule has 1 saturated heterocycles. The molecule has 3 aromatic rings. The first-order valence-electron chi connectivity index (χ1n) is 9.54. The molecule has 2 aromatic carbocycles. The van der Waals surface area contributed by atoms with Gasteiger partial charge in [0.05, 0.1) is 24.6 Å². The second-order valence-electron chi connectivity index (χ2n) is 8.01. The van der Waals surface area contributed by atoms with Crippen LogP contribution in [0, 0.1) is 19.3 Å². The summed E-state index contributed by atoms with van der Waals surface area (Å²) < 4.78 is 7.39. The maximum atomic E-state index is 5.36. The summed E-state index contributed by atoms with van der Waals surface area (Å²) in [6, 6.07) is 16.9. The summed E-state index contributed by atoms with van der Waals surface area (Å²) in [6.07, 6.45) is 2.16. The van der Waals surface area contributed by atoms with Crippen LogP contribution in [0.4, 0.5) is 0 Å². The first-order chi connectivity index (χ1) is 13.0.